The summed E-state index contributed by atoms with van der Waals surface area (Å²) >= 11 is 6.15. The van der Waals surface area contributed by atoms with Crippen LogP contribution in [0.1, 0.15) is 11.1 Å². The number of amides is 1. The van der Waals surface area contributed by atoms with Crippen LogP contribution in [0, 0.1) is 0 Å². The molecule has 1 N–H and O–H groups in total. The van der Waals surface area contributed by atoms with Crippen molar-refractivity contribution in [2.24, 2.45) is 4.99 Å². The SMILES string of the molecule is COc1ccc(/C=C2/N=C(c3ccccc3Cl)NC2=O)cc1OC. The Kier molecular flexibility index (Phi) is 4.53. The van der Waals surface area contributed by atoms with Crippen LogP contribution in [0.15, 0.2) is 53.2 Å². The first-order valence-corrected chi connectivity index (χ1v) is 7.59. The lowest BCUT2D eigenvalue weighted by molar-refractivity contribution is -0.115. The molecule has 5 nitrogen and oxygen atoms in total. The zero-order chi connectivity index (χ0) is 17.1. The molecule has 0 unspecified atom stereocenters. The molecule has 0 spiro atoms. The molecule has 1 amide bonds. The minimum absolute atomic E-state index is 0.278. The molecule has 24 heavy (non-hydrogen) atoms. The van der Waals surface area contributed by atoms with Gasteiger partial charge in [0.2, 0.25) is 0 Å². The van der Waals surface area contributed by atoms with Crippen LogP contribution in [0.4, 0.5) is 0 Å². The maximum Gasteiger partial charge on any atom is 0.275 e. The van der Waals surface area contributed by atoms with Gasteiger partial charge in [-0.25, -0.2) is 4.99 Å². The fraction of sp³-hybridized carbons (Fsp3) is 0.111. The average Bonchev–Trinajstić information content (AvgIpc) is 2.95. The highest BCUT2D eigenvalue weighted by Gasteiger charge is 2.22. The second kappa shape index (κ2) is 6.76. The van der Waals surface area contributed by atoms with Gasteiger partial charge in [-0.3, -0.25) is 4.79 Å². The van der Waals surface area contributed by atoms with Crippen LogP contribution in [0.3, 0.4) is 0 Å². The summed E-state index contributed by atoms with van der Waals surface area (Å²) in [4.78, 5) is 16.5. The number of halogens is 1. The average molecular weight is 343 g/mol. The number of carbonyl (C=O) groups excluding carboxylic acids is 1. The minimum atomic E-state index is -0.278. The molecule has 0 aromatic heterocycles. The van der Waals surface area contributed by atoms with Gasteiger partial charge in [-0.05, 0) is 35.9 Å². The summed E-state index contributed by atoms with van der Waals surface area (Å²) in [5.74, 6) is 1.37. The maximum atomic E-state index is 12.2. The number of hydrogen-bond acceptors (Lipinski definition) is 4. The molecule has 3 rings (SSSR count). The number of ether oxygens (including phenoxy) is 2. The number of amidine groups is 1. The molecule has 1 aliphatic rings. The highest BCUT2D eigenvalue weighted by molar-refractivity contribution is 6.35. The van der Waals surface area contributed by atoms with E-state index in [-0.39, 0.29) is 5.91 Å². The molecule has 2 aromatic carbocycles. The third-order valence-electron chi connectivity index (χ3n) is 3.54. The maximum absolute atomic E-state index is 12.2. The van der Waals surface area contributed by atoms with Gasteiger partial charge in [-0.15, -0.1) is 0 Å². The smallest absolute Gasteiger partial charge is 0.275 e. The monoisotopic (exact) mass is 342 g/mol. The predicted octanol–water partition coefficient (Wildman–Crippen LogP) is 3.27. The van der Waals surface area contributed by atoms with Crippen molar-refractivity contribution < 1.29 is 14.3 Å². The van der Waals surface area contributed by atoms with Crippen LogP contribution in [-0.4, -0.2) is 26.0 Å². The highest BCUT2D eigenvalue weighted by atomic mass is 35.5. The quantitative estimate of drug-likeness (QED) is 0.867. The summed E-state index contributed by atoms with van der Waals surface area (Å²) in [6, 6.07) is 12.6. The van der Waals surface area contributed by atoms with E-state index in [2.05, 4.69) is 10.3 Å². The van der Waals surface area contributed by atoms with Crippen molar-refractivity contribution in [3.63, 3.8) is 0 Å². The molecule has 0 fully saturated rings. The summed E-state index contributed by atoms with van der Waals surface area (Å²) in [5, 5.41) is 3.27. The Balaban J connectivity index is 1.96. The van der Waals surface area contributed by atoms with Gasteiger partial charge in [0.15, 0.2) is 11.5 Å². The molecule has 0 atom stereocenters. The lowest BCUT2D eigenvalue weighted by Gasteiger charge is -2.07. The van der Waals surface area contributed by atoms with Gasteiger partial charge >= 0.3 is 0 Å². The van der Waals surface area contributed by atoms with E-state index in [1.165, 1.54) is 0 Å². The molecule has 0 saturated heterocycles. The van der Waals surface area contributed by atoms with Crippen molar-refractivity contribution in [1.29, 1.82) is 0 Å². The number of benzene rings is 2. The Morgan fingerprint density at radius 1 is 1.08 bits per heavy atom. The molecule has 0 aliphatic carbocycles. The van der Waals surface area contributed by atoms with E-state index < -0.39 is 0 Å². The summed E-state index contributed by atoms with van der Waals surface area (Å²) in [7, 11) is 3.13. The standard InChI is InChI=1S/C18H15ClN2O3/c1-23-15-8-7-11(10-16(15)24-2)9-14-18(22)21-17(20-14)12-5-3-4-6-13(12)19/h3-10H,1-2H3,(H,20,21,22)/b14-9+. The fourth-order valence-electron chi connectivity index (χ4n) is 2.35. The number of hydrogen-bond donors (Lipinski definition) is 1. The van der Waals surface area contributed by atoms with Crippen molar-refractivity contribution >= 4 is 29.4 Å². The van der Waals surface area contributed by atoms with Gasteiger partial charge in [0, 0.05) is 5.56 Å². The van der Waals surface area contributed by atoms with Gasteiger partial charge in [0.1, 0.15) is 11.5 Å². The minimum Gasteiger partial charge on any atom is -0.493 e. The van der Waals surface area contributed by atoms with E-state index in [1.54, 1.807) is 44.6 Å². The molecule has 0 bridgehead atoms. The molecule has 1 aliphatic heterocycles. The molecule has 0 saturated carbocycles. The number of carbonyl (C=O) groups is 1. The molecular weight excluding hydrogens is 328 g/mol. The second-order valence-corrected chi connectivity index (χ2v) is 5.45. The first-order chi connectivity index (χ1) is 11.6. The lowest BCUT2D eigenvalue weighted by atomic mass is 10.1. The summed E-state index contributed by atoms with van der Waals surface area (Å²) in [5.41, 5.74) is 1.77. The number of rotatable bonds is 4. The number of aliphatic imine (C=N–C) groups is 1. The van der Waals surface area contributed by atoms with Crippen molar-refractivity contribution in [3.05, 3.63) is 64.3 Å². The van der Waals surface area contributed by atoms with Crippen LogP contribution in [0.25, 0.3) is 6.08 Å². The Hall–Kier alpha value is -2.79. The Morgan fingerprint density at radius 2 is 1.83 bits per heavy atom. The lowest BCUT2D eigenvalue weighted by Crippen LogP contribution is -2.24. The Bertz CT molecular complexity index is 859. The summed E-state index contributed by atoms with van der Waals surface area (Å²) < 4.78 is 10.5. The van der Waals surface area contributed by atoms with E-state index in [9.17, 15) is 4.79 Å². The summed E-state index contributed by atoms with van der Waals surface area (Å²) in [6.07, 6.45) is 1.68. The zero-order valence-electron chi connectivity index (χ0n) is 13.2. The molecule has 2 aromatic rings. The largest absolute Gasteiger partial charge is 0.493 e. The van der Waals surface area contributed by atoms with Gasteiger partial charge in [0.05, 0.1) is 19.2 Å². The van der Waals surface area contributed by atoms with Crippen molar-refractivity contribution in [1.82, 2.24) is 5.32 Å². The van der Waals surface area contributed by atoms with Crippen LogP contribution < -0.4 is 14.8 Å². The molecule has 1 heterocycles. The molecular formula is C18H15ClN2O3. The van der Waals surface area contributed by atoms with Gasteiger partial charge in [0.25, 0.3) is 5.91 Å². The van der Waals surface area contributed by atoms with Gasteiger partial charge in [-0.2, -0.15) is 0 Å². The van der Waals surface area contributed by atoms with E-state index in [4.69, 9.17) is 21.1 Å². The van der Waals surface area contributed by atoms with E-state index in [0.717, 1.165) is 5.56 Å². The molecule has 122 valence electrons. The predicted molar refractivity (Wildman–Crippen MR) is 93.7 cm³/mol. The molecule has 0 radical (unpaired) electrons. The van der Waals surface area contributed by atoms with Gasteiger partial charge < -0.3 is 14.8 Å². The molecule has 6 heteroatoms. The van der Waals surface area contributed by atoms with Gasteiger partial charge in [-0.1, -0.05) is 29.8 Å². The first-order valence-electron chi connectivity index (χ1n) is 7.21. The van der Waals surface area contributed by atoms with Crippen LogP contribution in [0.5, 0.6) is 11.5 Å². The first kappa shape index (κ1) is 16.1. The highest BCUT2D eigenvalue weighted by Crippen LogP contribution is 2.29. The third kappa shape index (κ3) is 3.12. The number of nitrogens with zero attached hydrogens (tertiary/aromatic N) is 1. The normalized spacial score (nSPS) is 15.2. The van der Waals surface area contributed by atoms with E-state index in [1.807, 2.05) is 18.2 Å². The van der Waals surface area contributed by atoms with Crippen molar-refractivity contribution in [3.8, 4) is 11.5 Å². The van der Waals surface area contributed by atoms with Crippen molar-refractivity contribution in [2.75, 3.05) is 14.2 Å². The summed E-state index contributed by atoms with van der Waals surface area (Å²) in [6.45, 7) is 0. The fourth-order valence-corrected chi connectivity index (χ4v) is 2.58. The van der Waals surface area contributed by atoms with Crippen molar-refractivity contribution in [2.45, 2.75) is 0 Å². The third-order valence-corrected chi connectivity index (χ3v) is 3.87. The van der Waals surface area contributed by atoms with Crippen LogP contribution in [0.2, 0.25) is 5.02 Å². The second-order valence-electron chi connectivity index (χ2n) is 5.04. The topological polar surface area (TPSA) is 59.9 Å². The van der Waals surface area contributed by atoms with Crippen LogP contribution >= 0.6 is 11.6 Å². The van der Waals surface area contributed by atoms with E-state index in [0.29, 0.717) is 33.6 Å². The zero-order valence-corrected chi connectivity index (χ0v) is 13.9. The Morgan fingerprint density at radius 3 is 2.54 bits per heavy atom. The number of nitrogens with one attached hydrogen (secondary N) is 1. The Labute approximate surface area is 144 Å². The van der Waals surface area contributed by atoms with E-state index >= 15 is 0 Å². The number of methoxy groups -OCH3 is 2. The van der Waals surface area contributed by atoms with Crippen LogP contribution in [-0.2, 0) is 4.79 Å².